The third kappa shape index (κ3) is 6.51. The minimum atomic E-state index is -1.26. The highest BCUT2D eigenvalue weighted by Gasteiger charge is 2.10. The zero-order chi connectivity index (χ0) is 19.5. The Hall–Kier alpha value is -3.86. The third-order valence-corrected chi connectivity index (χ3v) is 3.41. The summed E-state index contributed by atoms with van der Waals surface area (Å²) in [6.07, 6.45) is 1.12. The van der Waals surface area contributed by atoms with Gasteiger partial charge in [0.1, 0.15) is 0 Å². The molecule has 0 atom stereocenters. The van der Waals surface area contributed by atoms with Crippen LogP contribution in [0.5, 0.6) is 0 Å². The molecular weight excluding hydrogens is 342 g/mol. The fraction of sp³-hybridized carbons (Fsp3) is 0. The molecule has 0 amide bonds. The van der Waals surface area contributed by atoms with Gasteiger partial charge in [-0.3, -0.25) is 0 Å². The number of anilines is 3. The van der Waals surface area contributed by atoms with Crippen molar-refractivity contribution in [1.29, 1.82) is 0 Å². The zero-order valence-electron chi connectivity index (χ0n) is 14.5. The lowest BCUT2D eigenvalue weighted by molar-refractivity contribution is -0.134. The second-order valence-corrected chi connectivity index (χ2v) is 5.35. The molecule has 0 radical (unpaired) electrons. The first kappa shape index (κ1) is 19.5. The highest BCUT2D eigenvalue weighted by Crippen LogP contribution is 2.33. The van der Waals surface area contributed by atoms with Gasteiger partial charge < -0.3 is 15.1 Å². The normalized spacial score (nSPS) is 9.93. The maximum absolute atomic E-state index is 9.55. The lowest BCUT2D eigenvalue weighted by atomic mass is 10.2. The van der Waals surface area contributed by atoms with Crippen LogP contribution in [0, 0.1) is 0 Å². The molecule has 136 valence electrons. The largest absolute Gasteiger partial charge is 0.478 e. The van der Waals surface area contributed by atoms with Gasteiger partial charge in [-0.25, -0.2) is 9.59 Å². The molecule has 0 heterocycles. The van der Waals surface area contributed by atoms with Crippen molar-refractivity contribution in [2.24, 2.45) is 0 Å². The van der Waals surface area contributed by atoms with E-state index in [0.29, 0.717) is 12.2 Å². The van der Waals surface area contributed by atoms with Crippen LogP contribution in [0.2, 0.25) is 0 Å². The van der Waals surface area contributed by atoms with Gasteiger partial charge in [0, 0.05) is 29.2 Å². The Kier molecular flexibility index (Phi) is 7.36. The Balaban J connectivity index is 0.000000279. The highest BCUT2D eigenvalue weighted by atomic mass is 16.4. The van der Waals surface area contributed by atoms with E-state index in [1.165, 1.54) is 17.1 Å². The molecule has 0 aliphatic carbocycles. The predicted molar refractivity (Wildman–Crippen MR) is 106 cm³/mol. The van der Waals surface area contributed by atoms with Gasteiger partial charge in [-0.15, -0.1) is 0 Å². The first-order valence-electron chi connectivity index (χ1n) is 8.17. The number of benzene rings is 3. The Bertz CT molecular complexity index is 768. The van der Waals surface area contributed by atoms with Crippen molar-refractivity contribution >= 4 is 29.0 Å². The van der Waals surface area contributed by atoms with E-state index in [9.17, 15) is 9.59 Å². The molecule has 5 nitrogen and oxygen atoms in total. The molecule has 0 aliphatic heterocycles. The summed E-state index contributed by atoms with van der Waals surface area (Å²) < 4.78 is 0. The van der Waals surface area contributed by atoms with Crippen LogP contribution in [0.1, 0.15) is 0 Å². The van der Waals surface area contributed by atoms with Crippen molar-refractivity contribution in [3.05, 3.63) is 103 Å². The lowest BCUT2D eigenvalue weighted by Gasteiger charge is -2.25. The molecule has 0 aromatic heterocycles. The molecule has 0 saturated carbocycles. The first-order valence-corrected chi connectivity index (χ1v) is 8.17. The lowest BCUT2D eigenvalue weighted by Crippen LogP contribution is -2.09. The van der Waals surface area contributed by atoms with Crippen molar-refractivity contribution < 1.29 is 19.8 Å². The first-order chi connectivity index (χ1) is 13.1. The van der Waals surface area contributed by atoms with Gasteiger partial charge in [0.25, 0.3) is 0 Å². The van der Waals surface area contributed by atoms with Crippen LogP contribution in [-0.4, -0.2) is 22.2 Å². The van der Waals surface area contributed by atoms with E-state index < -0.39 is 11.9 Å². The number of carbonyl (C=O) groups is 2. The van der Waals surface area contributed by atoms with Crippen LogP contribution >= 0.6 is 0 Å². The zero-order valence-corrected chi connectivity index (χ0v) is 14.5. The Labute approximate surface area is 157 Å². The molecule has 2 N–H and O–H groups in total. The smallest absolute Gasteiger partial charge is 0.328 e. The summed E-state index contributed by atoms with van der Waals surface area (Å²) in [7, 11) is 0. The molecule has 0 bridgehead atoms. The molecule has 0 saturated heterocycles. The van der Waals surface area contributed by atoms with E-state index in [0.717, 1.165) is 0 Å². The van der Waals surface area contributed by atoms with Crippen LogP contribution in [-0.2, 0) is 9.59 Å². The molecule has 0 fully saturated rings. The van der Waals surface area contributed by atoms with Crippen LogP contribution in [0.3, 0.4) is 0 Å². The quantitative estimate of drug-likeness (QED) is 0.634. The fourth-order valence-electron chi connectivity index (χ4n) is 2.32. The Morgan fingerprint density at radius 2 is 0.815 bits per heavy atom. The summed E-state index contributed by atoms with van der Waals surface area (Å²) in [4.78, 5) is 21.4. The van der Waals surface area contributed by atoms with E-state index >= 15 is 0 Å². The third-order valence-electron chi connectivity index (χ3n) is 3.41. The van der Waals surface area contributed by atoms with Gasteiger partial charge in [0.15, 0.2) is 0 Å². The number of carboxylic acids is 2. The Morgan fingerprint density at radius 1 is 0.556 bits per heavy atom. The molecule has 5 heteroatoms. The number of nitrogens with zero attached hydrogens (tertiary/aromatic N) is 1. The fourth-order valence-corrected chi connectivity index (χ4v) is 2.32. The number of carboxylic acid groups (broad SMARTS) is 2. The van der Waals surface area contributed by atoms with Gasteiger partial charge in [0.2, 0.25) is 0 Å². The van der Waals surface area contributed by atoms with Gasteiger partial charge in [0.05, 0.1) is 0 Å². The van der Waals surface area contributed by atoms with E-state index in [1.54, 1.807) is 0 Å². The predicted octanol–water partition coefficient (Wildman–Crippen LogP) is 4.87. The van der Waals surface area contributed by atoms with Crippen LogP contribution in [0.15, 0.2) is 103 Å². The van der Waals surface area contributed by atoms with Gasteiger partial charge >= 0.3 is 11.9 Å². The SMILES string of the molecule is O=C(O)/C=C\C(=O)O.c1ccc(N(c2ccccc2)c2ccccc2)cc1. The molecule has 0 aliphatic rings. The molecule has 0 unspecified atom stereocenters. The molecule has 3 rings (SSSR count). The van der Waals surface area contributed by atoms with Crippen molar-refractivity contribution in [3.8, 4) is 0 Å². The molecule has 0 spiro atoms. The average molecular weight is 361 g/mol. The molecular formula is C22H19NO4. The monoisotopic (exact) mass is 361 g/mol. The topological polar surface area (TPSA) is 77.8 Å². The summed E-state index contributed by atoms with van der Waals surface area (Å²) in [5, 5.41) is 15.6. The molecule has 3 aromatic rings. The van der Waals surface area contributed by atoms with Crippen molar-refractivity contribution in [2.45, 2.75) is 0 Å². The van der Waals surface area contributed by atoms with Crippen molar-refractivity contribution in [3.63, 3.8) is 0 Å². The van der Waals surface area contributed by atoms with Crippen LogP contribution < -0.4 is 4.90 Å². The van der Waals surface area contributed by atoms with E-state index in [1.807, 2.05) is 18.2 Å². The van der Waals surface area contributed by atoms with E-state index in [4.69, 9.17) is 10.2 Å². The van der Waals surface area contributed by atoms with Gasteiger partial charge in [-0.1, -0.05) is 54.6 Å². The maximum atomic E-state index is 9.55. The summed E-state index contributed by atoms with van der Waals surface area (Å²) in [6, 6.07) is 31.3. The highest BCUT2D eigenvalue weighted by molar-refractivity contribution is 5.89. The standard InChI is InChI=1S/C18H15N.C4H4O4/c1-4-10-16(11-5-1)19(17-12-6-2-7-13-17)18-14-8-3-9-15-18;5-3(6)1-2-4(7)8/h1-15H;1-2H,(H,5,6)(H,7,8)/b;2-1-. The summed E-state index contributed by atoms with van der Waals surface area (Å²) in [5.41, 5.74) is 3.50. The number of aliphatic carboxylic acids is 2. The molecule has 3 aromatic carbocycles. The second kappa shape index (κ2) is 10.2. The van der Waals surface area contributed by atoms with Crippen LogP contribution in [0.25, 0.3) is 0 Å². The maximum Gasteiger partial charge on any atom is 0.328 e. The Morgan fingerprint density at radius 3 is 1.04 bits per heavy atom. The molecule has 27 heavy (non-hydrogen) atoms. The van der Waals surface area contributed by atoms with Crippen LogP contribution in [0.4, 0.5) is 17.1 Å². The average Bonchev–Trinajstić information content (AvgIpc) is 2.70. The summed E-state index contributed by atoms with van der Waals surface area (Å²) in [6.45, 7) is 0. The minimum Gasteiger partial charge on any atom is -0.478 e. The van der Waals surface area contributed by atoms with Crippen molar-refractivity contribution in [2.75, 3.05) is 4.90 Å². The van der Waals surface area contributed by atoms with Crippen molar-refractivity contribution in [1.82, 2.24) is 0 Å². The summed E-state index contributed by atoms with van der Waals surface area (Å²) in [5.74, 6) is -2.51. The van der Waals surface area contributed by atoms with Gasteiger partial charge in [-0.05, 0) is 36.4 Å². The minimum absolute atomic E-state index is 0.558. The number of hydrogen-bond acceptors (Lipinski definition) is 3. The number of rotatable bonds is 5. The second-order valence-electron chi connectivity index (χ2n) is 5.35. The number of hydrogen-bond donors (Lipinski definition) is 2. The number of para-hydroxylation sites is 3. The summed E-state index contributed by atoms with van der Waals surface area (Å²) >= 11 is 0. The van der Waals surface area contributed by atoms with E-state index in [2.05, 4.69) is 77.7 Å². The van der Waals surface area contributed by atoms with E-state index in [-0.39, 0.29) is 0 Å². The van der Waals surface area contributed by atoms with Gasteiger partial charge in [-0.2, -0.15) is 0 Å².